The number of nitrogens with zero attached hydrogens (tertiary/aromatic N) is 1. The molecule has 226 valence electrons. The number of hydrogen-bond acceptors (Lipinski definition) is 12. The molecule has 5 N–H and O–H groups in total. The topological polar surface area (TPSA) is 183 Å². The Morgan fingerprint density at radius 3 is 2.29 bits per heavy atom. The van der Waals surface area contributed by atoms with Crippen LogP contribution in [0, 0.1) is 0 Å². The highest BCUT2D eigenvalue weighted by Crippen LogP contribution is 2.54. The van der Waals surface area contributed by atoms with Gasteiger partial charge in [-0.1, -0.05) is 6.92 Å². The van der Waals surface area contributed by atoms with E-state index in [2.05, 4.69) is 0 Å². The molecule has 0 spiro atoms. The van der Waals surface area contributed by atoms with Crippen LogP contribution < -0.4 is 0 Å². The molecule has 0 unspecified atom stereocenters. The molecule has 0 bridgehead atoms. The Hall–Kier alpha value is -3.55. The summed E-state index contributed by atoms with van der Waals surface area (Å²) in [5, 5.41) is 54.9. The predicted octanol–water partition coefficient (Wildman–Crippen LogP) is 1.86. The van der Waals surface area contributed by atoms with Crippen molar-refractivity contribution < 1.29 is 54.1 Å². The number of aliphatic hydroxyl groups is 2. The molecule has 2 aliphatic carbocycles. The van der Waals surface area contributed by atoms with Gasteiger partial charge in [-0.05, 0) is 51.2 Å². The summed E-state index contributed by atoms with van der Waals surface area (Å²) in [4.78, 5) is 42.2. The van der Waals surface area contributed by atoms with Crippen LogP contribution in [0.15, 0.2) is 18.2 Å². The number of fused-ring (bicyclic) bond motifs is 3. The zero-order valence-corrected chi connectivity index (χ0v) is 24.0. The minimum Gasteiger partial charge on any atom is -0.507 e. The number of carbonyl (C=O) groups excluding carboxylic acids is 3. The second-order valence-corrected chi connectivity index (χ2v) is 11.4. The molecule has 1 fully saturated rings. The van der Waals surface area contributed by atoms with Crippen molar-refractivity contribution in [1.29, 1.82) is 0 Å². The standard InChI is InChI=1S/C30H35NO11/c1-6-30(39)11-18(42-19-10-15(31(3)4)25(34)12(2)41-19)20-13(24(30)29(38)40-5)9-14-21(27(20)36)28(37)23-17(33)8-7-16(32)22(23)26(14)35/h7-9,12,15,18-19,24-25,32-34,36,39H,6,10-11H2,1-5H3/t12-,15-,18-,19+,24+,25+,30-/m0/s1. The first-order valence-electron chi connectivity index (χ1n) is 13.7. The number of esters is 1. The molecule has 5 rings (SSSR count). The van der Waals surface area contributed by atoms with Gasteiger partial charge in [-0.15, -0.1) is 0 Å². The Bertz CT molecular complexity index is 1470. The number of carbonyl (C=O) groups is 3. The highest BCUT2D eigenvalue weighted by molar-refractivity contribution is 6.31. The third-order valence-electron chi connectivity index (χ3n) is 8.87. The molecule has 12 heteroatoms. The Kier molecular flexibility index (Phi) is 7.57. The van der Waals surface area contributed by atoms with E-state index in [4.69, 9.17) is 14.2 Å². The summed E-state index contributed by atoms with van der Waals surface area (Å²) >= 11 is 0. The van der Waals surface area contributed by atoms with E-state index < -0.39 is 87.6 Å². The number of aliphatic hydroxyl groups excluding tert-OH is 1. The van der Waals surface area contributed by atoms with Gasteiger partial charge in [-0.2, -0.15) is 0 Å². The molecule has 12 nitrogen and oxygen atoms in total. The summed E-state index contributed by atoms with van der Waals surface area (Å²) < 4.78 is 17.3. The molecule has 2 aromatic rings. The van der Waals surface area contributed by atoms with E-state index in [1.54, 1.807) is 13.8 Å². The summed E-state index contributed by atoms with van der Waals surface area (Å²) in [7, 11) is 4.76. The van der Waals surface area contributed by atoms with Crippen molar-refractivity contribution in [2.45, 2.75) is 75.3 Å². The first kappa shape index (κ1) is 29.9. The molecule has 0 amide bonds. The van der Waals surface area contributed by atoms with Crippen LogP contribution in [-0.2, 0) is 19.0 Å². The van der Waals surface area contributed by atoms with Gasteiger partial charge in [-0.25, -0.2) is 0 Å². The van der Waals surface area contributed by atoms with E-state index in [1.165, 1.54) is 6.07 Å². The quantitative estimate of drug-likeness (QED) is 0.217. The number of likely N-dealkylation sites (N-methyl/N-ethyl adjacent to an activating group) is 1. The number of aromatic hydroxyl groups is 3. The Morgan fingerprint density at radius 2 is 1.71 bits per heavy atom. The summed E-state index contributed by atoms with van der Waals surface area (Å²) in [6.45, 7) is 3.36. The van der Waals surface area contributed by atoms with Crippen molar-refractivity contribution >= 4 is 17.5 Å². The maximum absolute atomic E-state index is 13.7. The lowest BCUT2D eigenvalue weighted by Gasteiger charge is -2.46. The Labute approximate surface area is 242 Å². The molecule has 0 aromatic heterocycles. The van der Waals surface area contributed by atoms with Crippen LogP contribution >= 0.6 is 0 Å². The van der Waals surface area contributed by atoms with Gasteiger partial charge in [0.25, 0.3) is 0 Å². The van der Waals surface area contributed by atoms with Crippen molar-refractivity contribution in [2.24, 2.45) is 0 Å². The second kappa shape index (κ2) is 10.6. The fraction of sp³-hybridized carbons (Fsp3) is 0.500. The lowest BCUT2D eigenvalue weighted by Crippen LogP contribution is -2.54. The van der Waals surface area contributed by atoms with Crippen molar-refractivity contribution in [1.82, 2.24) is 4.90 Å². The number of ether oxygens (including phenoxy) is 3. The molecule has 1 saturated heterocycles. The van der Waals surface area contributed by atoms with Crippen LogP contribution in [0.25, 0.3) is 0 Å². The summed E-state index contributed by atoms with van der Waals surface area (Å²) in [5.74, 6) is -5.69. The molecular weight excluding hydrogens is 550 g/mol. The van der Waals surface area contributed by atoms with Crippen LogP contribution in [0.5, 0.6) is 17.2 Å². The van der Waals surface area contributed by atoms with Gasteiger partial charge < -0.3 is 44.6 Å². The average molecular weight is 586 g/mol. The highest BCUT2D eigenvalue weighted by atomic mass is 16.7. The van der Waals surface area contributed by atoms with Gasteiger partial charge in [0.2, 0.25) is 5.78 Å². The van der Waals surface area contributed by atoms with Gasteiger partial charge in [-0.3, -0.25) is 14.4 Å². The van der Waals surface area contributed by atoms with Gasteiger partial charge in [0, 0.05) is 30.0 Å². The maximum atomic E-state index is 13.7. The van der Waals surface area contributed by atoms with Gasteiger partial charge >= 0.3 is 5.97 Å². The molecule has 2 aromatic carbocycles. The van der Waals surface area contributed by atoms with E-state index in [1.807, 2.05) is 19.0 Å². The fourth-order valence-corrected chi connectivity index (χ4v) is 6.56. The zero-order chi connectivity index (χ0) is 30.8. The molecule has 42 heavy (non-hydrogen) atoms. The summed E-state index contributed by atoms with van der Waals surface area (Å²) in [6.07, 6.45) is -3.34. The number of ketones is 2. The van der Waals surface area contributed by atoms with E-state index >= 15 is 0 Å². The average Bonchev–Trinajstić information content (AvgIpc) is 2.93. The summed E-state index contributed by atoms with van der Waals surface area (Å²) in [5.41, 5.74) is -3.36. The van der Waals surface area contributed by atoms with Crippen molar-refractivity contribution in [3.63, 3.8) is 0 Å². The van der Waals surface area contributed by atoms with E-state index in [0.717, 1.165) is 19.2 Å². The maximum Gasteiger partial charge on any atom is 0.316 e. The van der Waals surface area contributed by atoms with Crippen molar-refractivity contribution in [3.8, 4) is 17.2 Å². The largest absolute Gasteiger partial charge is 0.507 e. The lowest BCUT2D eigenvalue weighted by molar-refractivity contribution is -0.258. The SMILES string of the molecule is CC[C@]1(O)C[C@H](O[C@@H]2C[C@H](N(C)C)[C@H](O)[C@H](C)O2)c2c(cc3c(c2O)C(=O)c2c(O)ccc(O)c2C3=O)[C@@H]1C(=O)OC. The van der Waals surface area contributed by atoms with Gasteiger partial charge in [0.05, 0.1) is 47.7 Å². The molecule has 0 radical (unpaired) electrons. The van der Waals surface area contributed by atoms with Crippen molar-refractivity contribution in [3.05, 3.63) is 51.6 Å². The number of phenolic OH excluding ortho intramolecular Hbond substituents is 3. The normalized spacial score (nSPS) is 30.5. The van der Waals surface area contributed by atoms with Crippen LogP contribution in [-0.4, -0.2) is 99.3 Å². The molecule has 1 aliphatic heterocycles. The Morgan fingerprint density at radius 1 is 1.10 bits per heavy atom. The van der Waals surface area contributed by atoms with Crippen LogP contribution in [0.2, 0.25) is 0 Å². The fourth-order valence-electron chi connectivity index (χ4n) is 6.56. The Balaban J connectivity index is 1.70. The molecule has 7 atom stereocenters. The number of hydrogen-bond donors (Lipinski definition) is 5. The first-order chi connectivity index (χ1) is 19.7. The van der Waals surface area contributed by atoms with Crippen molar-refractivity contribution in [2.75, 3.05) is 21.2 Å². The zero-order valence-electron chi connectivity index (χ0n) is 24.0. The third-order valence-corrected chi connectivity index (χ3v) is 8.87. The van der Waals surface area contributed by atoms with Crippen LogP contribution in [0.3, 0.4) is 0 Å². The first-order valence-corrected chi connectivity index (χ1v) is 13.7. The second-order valence-electron chi connectivity index (χ2n) is 11.4. The number of rotatable bonds is 5. The van der Waals surface area contributed by atoms with E-state index in [0.29, 0.717) is 0 Å². The monoisotopic (exact) mass is 585 g/mol. The minimum atomic E-state index is -1.74. The summed E-state index contributed by atoms with van der Waals surface area (Å²) in [6, 6.07) is 3.05. The molecule has 1 heterocycles. The molecule has 0 saturated carbocycles. The number of methoxy groups -OCH3 is 1. The number of phenols is 3. The lowest BCUT2D eigenvalue weighted by atomic mass is 9.67. The van der Waals surface area contributed by atoms with Crippen LogP contribution in [0.1, 0.15) is 88.1 Å². The minimum absolute atomic E-state index is 0.00436. The van der Waals surface area contributed by atoms with Gasteiger partial charge in [0.15, 0.2) is 12.1 Å². The van der Waals surface area contributed by atoms with E-state index in [9.17, 15) is 39.9 Å². The van der Waals surface area contributed by atoms with Gasteiger partial charge in [0.1, 0.15) is 23.2 Å². The predicted molar refractivity (Wildman–Crippen MR) is 146 cm³/mol. The van der Waals surface area contributed by atoms with E-state index in [-0.39, 0.29) is 42.0 Å². The third kappa shape index (κ3) is 4.45. The molecule has 3 aliphatic rings. The highest BCUT2D eigenvalue weighted by Gasteiger charge is 2.53. The van der Waals surface area contributed by atoms with Crippen LogP contribution in [0.4, 0.5) is 0 Å². The number of benzene rings is 2. The smallest absolute Gasteiger partial charge is 0.316 e. The molecular formula is C30H35NO11.